The number of carbonyl (C=O) groups is 1. The summed E-state index contributed by atoms with van der Waals surface area (Å²) in [6.45, 7) is 3.27. The number of piperidine rings is 1. The smallest absolute Gasteiger partial charge is 0.255 e. The first-order valence-electron chi connectivity index (χ1n) is 6.82. The van der Waals surface area contributed by atoms with Crippen LogP contribution in [0.1, 0.15) is 23.2 Å². The Morgan fingerprint density at radius 1 is 1.45 bits per heavy atom. The van der Waals surface area contributed by atoms with Crippen LogP contribution < -0.4 is 11.1 Å². The predicted octanol–water partition coefficient (Wildman–Crippen LogP) is 0.684. The molecule has 0 spiro atoms. The largest absolute Gasteiger partial charge is 0.507 e. The molecule has 0 atom stereocenters. The number of phenolic OH excluding ortho intramolecular Hbond substituents is 1. The summed E-state index contributed by atoms with van der Waals surface area (Å²) in [7, 11) is 0. The zero-order valence-electron chi connectivity index (χ0n) is 11.3. The van der Waals surface area contributed by atoms with Crippen LogP contribution in [-0.4, -0.2) is 48.1 Å². The number of carbonyl (C=O) groups excluding carboxylic acids is 1. The van der Waals surface area contributed by atoms with E-state index in [1.165, 1.54) is 6.07 Å². The minimum Gasteiger partial charge on any atom is -0.507 e. The van der Waals surface area contributed by atoms with E-state index in [4.69, 9.17) is 5.73 Å². The van der Waals surface area contributed by atoms with Gasteiger partial charge in [0, 0.05) is 32.2 Å². The van der Waals surface area contributed by atoms with Gasteiger partial charge in [-0.25, -0.2) is 4.39 Å². The highest BCUT2D eigenvalue weighted by Gasteiger charge is 2.22. The van der Waals surface area contributed by atoms with Crippen molar-refractivity contribution in [1.82, 2.24) is 10.2 Å². The van der Waals surface area contributed by atoms with E-state index >= 15 is 0 Å². The third-order valence-corrected chi connectivity index (χ3v) is 3.57. The SMILES string of the molecule is NCCN1CCC(NC(=O)c2cc(F)ccc2O)CC1. The van der Waals surface area contributed by atoms with E-state index < -0.39 is 11.7 Å². The summed E-state index contributed by atoms with van der Waals surface area (Å²) in [6, 6.07) is 3.42. The van der Waals surface area contributed by atoms with Gasteiger partial charge in [0.15, 0.2) is 0 Å². The van der Waals surface area contributed by atoms with Crippen molar-refractivity contribution in [3.63, 3.8) is 0 Å². The van der Waals surface area contributed by atoms with Crippen molar-refractivity contribution in [3.05, 3.63) is 29.6 Å². The van der Waals surface area contributed by atoms with Gasteiger partial charge < -0.3 is 21.1 Å². The number of halogens is 1. The van der Waals surface area contributed by atoms with Gasteiger partial charge in [0.2, 0.25) is 0 Å². The number of phenols is 1. The van der Waals surface area contributed by atoms with Gasteiger partial charge in [-0.1, -0.05) is 0 Å². The highest BCUT2D eigenvalue weighted by Crippen LogP contribution is 2.18. The lowest BCUT2D eigenvalue weighted by Crippen LogP contribution is -2.45. The molecule has 0 saturated carbocycles. The Balaban J connectivity index is 1.91. The van der Waals surface area contributed by atoms with E-state index in [0.717, 1.165) is 44.6 Å². The molecule has 0 radical (unpaired) electrons. The van der Waals surface area contributed by atoms with Crippen LogP contribution in [0.15, 0.2) is 18.2 Å². The van der Waals surface area contributed by atoms with Crippen molar-refractivity contribution in [1.29, 1.82) is 0 Å². The molecular formula is C14H20FN3O2. The summed E-state index contributed by atoms with van der Waals surface area (Å²) in [4.78, 5) is 14.3. The molecule has 20 heavy (non-hydrogen) atoms. The summed E-state index contributed by atoms with van der Waals surface area (Å²) in [5, 5.41) is 12.4. The first kappa shape index (κ1) is 14.7. The van der Waals surface area contributed by atoms with Gasteiger partial charge in [0.1, 0.15) is 11.6 Å². The van der Waals surface area contributed by atoms with Crippen molar-refractivity contribution in [2.24, 2.45) is 5.73 Å². The molecular weight excluding hydrogens is 261 g/mol. The quantitative estimate of drug-likeness (QED) is 0.758. The topological polar surface area (TPSA) is 78.6 Å². The molecule has 0 bridgehead atoms. The number of hydrogen-bond donors (Lipinski definition) is 3. The van der Waals surface area contributed by atoms with Crippen molar-refractivity contribution in [3.8, 4) is 5.75 Å². The van der Waals surface area contributed by atoms with Crippen molar-refractivity contribution < 1.29 is 14.3 Å². The van der Waals surface area contributed by atoms with Crippen molar-refractivity contribution in [2.45, 2.75) is 18.9 Å². The summed E-state index contributed by atoms with van der Waals surface area (Å²) >= 11 is 0. The third kappa shape index (κ3) is 3.68. The molecule has 1 aliphatic heterocycles. The van der Waals surface area contributed by atoms with Crippen LogP contribution in [-0.2, 0) is 0 Å². The lowest BCUT2D eigenvalue weighted by Gasteiger charge is -2.32. The molecule has 1 aromatic rings. The van der Waals surface area contributed by atoms with Gasteiger partial charge in [-0.05, 0) is 31.0 Å². The third-order valence-electron chi connectivity index (χ3n) is 3.57. The summed E-state index contributed by atoms with van der Waals surface area (Å²) in [5.74, 6) is -1.17. The average molecular weight is 281 g/mol. The van der Waals surface area contributed by atoms with Gasteiger partial charge in [0.05, 0.1) is 5.56 Å². The van der Waals surface area contributed by atoms with Crippen LogP contribution in [0.5, 0.6) is 5.75 Å². The maximum atomic E-state index is 13.1. The van der Waals surface area contributed by atoms with E-state index in [2.05, 4.69) is 10.2 Å². The predicted molar refractivity (Wildman–Crippen MR) is 74.0 cm³/mol. The van der Waals surface area contributed by atoms with Crippen LogP contribution in [0.3, 0.4) is 0 Å². The maximum absolute atomic E-state index is 13.1. The van der Waals surface area contributed by atoms with Crippen LogP contribution in [0, 0.1) is 5.82 Å². The minimum absolute atomic E-state index is 0.0191. The monoisotopic (exact) mass is 281 g/mol. The second-order valence-electron chi connectivity index (χ2n) is 5.04. The zero-order valence-corrected chi connectivity index (χ0v) is 11.3. The molecule has 4 N–H and O–H groups in total. The highest BCUT2D eigenvalue weighted by atomic mass is 19.1. The average Bonchev–Trinajstić information content (AvgIpc) is 2.44. The Bertz CT molecular complexity index is 473. The molecule has 0 unspecified atom stereocenters. The van der Waals surface area contributed by atoms with E-state index in [1.807, 2.05) is 0 Å². The standard InChI is InChI=1S/C14H20FN3O2/c15-10-1-2-13(19)12(9-10)14(20)17-11-3-6-18(7-4-11)8-5-16/h1-2,9,11,19H,3-8,16H2,(H,17,20). The van der Waals surface area contributed by atoms with Crippen LogP contribution >= 0.6 is 0 Å². The van der Waals surface area contributed by atoms with Crippen molar-refractivity contribution >= 4 is 5.91 Å². The fourth-order valence-electron chi connectivity index (χ4n) is 2.44. The molecule has 1 fully saturated rings. The lowest BCUT2D eigenvalue weighted by molar-refractivity contribution is 0.0909. The van der Waals surface area contributed by atoms with Crippen LogP contribution in [0.4, 0.5) is 4.39 Å². The van der Waals surface area contributed by atoms with Gasteiger partial charge in [0.25, 0.3) is 5.91 Å². The molecule has 5 nitrogen and oxygen atoms in total. The van der Waals surface area contributed by atoms with Gasteiger partial charge in [-0.3, -0.25) is 4.79 Å². The minimum atomic E-state index is -0.536. The summed E-state index contributed by atoms with van der Waals surface area (Å²) < 4.78 is 13.1. The zero-order chi connectivity index (χ0) is 14.5. The number of likely N-dealkylation sites (tertiary alicyclic amines) is 1. The lowest BCUT2D eigenvalue weighted by atomic mass is 10.0. The molecule has 1 heterocycles. The Hall–Kier alpha value is -1.66. The number of hydrogen-bond acceptors (Lipinski definition) is 4. The molecule has 1 saturated heterocycles. The van der Waals surface area contributed by atoms with Gasteiger partial charge in [-0.15, -0.1) is 0 Å². The Labute approximate surface area is 117 Å². The van der Waals surface area contributed by atoms with Crippen LogP contribution in [0.2, 0.25) is 0 Å². The van der Waals surface area contributed by atoms with Gasteiger partial charge >= 0.3 is 0 Å². The fourth-order valence-corrected chi connectivity index (χ4v) is 2.44. The first-order chi connectivity index (χ1) is 9.60. The molecule has 1 amide bonds. The first-order valence-corrected chi connectivity index (χ1v) is 6.82. The number of nitrogens with one attached hydrogen (secondary N) is 1. The molecule has 1 aliphatic rings. The normalized spacial score (nSPS) is 17.1. The highest BCUT2D eigenvalue weighted by molar-refractivity contribution is 5.96. The molecule has 110 valence electrons. The Morgan fingerprint density at radius 2 is 2.15 bits per heavy atom. The number of benzene rings is 1. The molecule has 0 aliphatic carbocycles. The van der Waals surface area contributed by atoms with Crippen molar-refractivity contribution in [2.75, 3.05) is 26.2 Å². The molecule has 2 rings (SSSR count). The number of nitrogens with zero attached hydrogens (tertiary/aromatic N) is 1. The van der Waals surface area contributed by atoms with Gasteiger partial charge in [-0.2, -0.15) is 0 Å². The Morgan fingerprint density at radius 3 is 2.80 bits per heavy atom. The molecule has 6 heteroatoms. The molecule has 1 aromatic carbocycles. The number of rotatable bonds is 4. The number of aromatic hydroxyl groups is 1. The van der Waals surface area contributed by atoms with E-state index in [1.54, 1.807) is 0 Å². The van der Waals surface area contributed by atoms with E-state index in [9.17, 15) is 14.3 Å². The second-order valence-corrected chi connectivity index (χ2v) is 5.04. The fraction of sp³-hybridized carbons (Fsp3) is 0.500. The second kappa shape index (κ2) is 6.67. The number of amides is 1. The van der Waals surface area contributed by atoms with Crippen LogP contribution in [0.25, 0.3) is 0 Å². The van der Waals surface area contributed by atoms with E-state index in [0.29, 0.717) is 6.54 Å². The summed E-state index contributed by atoms with van der Waals surface area (Å²) in [5.41, 5.74) is 5.49. The number of nitrogens with two attached hydrogens (primary N) is 1. The van der Waals surface area contributed by atoms with E-state index in [-0.39, 0.29) is 17.4 Å². The maximum Gasteiger partial charge on any atom is 0.255 e. The summed E-state index contributed by atoms with van der Waals surface area (Å²) in [6.07, 6.45) is 1.67. The Kier molecular flexibility index (Phi) is 4.92. The molecule has 0 aromatic heterocycles.